The van der Waals surface area contributed by atoms with Gasteiger partial charge < -0.3 is 65.1 Å². The van der Waals surface area contributed by atoms with Crippen molar-refractivity contribution in [3.8, 4) is 0 Å². The van der Waals surface area contributed by atoms with Gasteiger partial charge in [0.15, 0.2) is 12.6 Å². The summed E-state index contributed by atoms with van der Waals surface area (Å²) in [6.07, 6.45) is 32.1. The van der Waals surface area contributed by atoms with E-state index in [1.807, 2.05) is 0 Å². The Hall–Kier alpha value is -2.31. The lowest BCUT2D eigenvalue weighted by molar-refractivity contribution is -0.359. The number of amides is 1. The third kappa shape index (κ3) is 26.8. The summed E-state index contributed by atoms with van der Waals surface area (Å²) in [4.78, 5) is 13.2. The van der Waals surface area contributed by atoms with Gasteiger partial charge in [0.25, 0.3) is 0 Å². The van der Waals surface area contributed by atoms with E-state index in [4.69, 9.17) is 18.9 Å². The second kappa shape index (κ2) is 40.3. The van der Waals surface area contributed by atoms with Crippen LogP contribution < -0.4 is 5.32 Å². The number of rotatable bonds is 40. The molecule has 12 unspecified atom stereocenters. The van der Waals surface area contributed by atoms with E-state index in [0.717, 1.165) is 77.0 Å². The third-order valence-electron chi connectivity index (χ3n) is 12.7. The van der Waals surface area contributed by atoms with Crippen molar-refractivity contribution in [3.63, 3.8) is 0 Å². The number of unbranched alkanes of at least 4 members (excludes halogenated alkanes) is 17. The van der Waals surface area contributed by atoms with Gasteiger partial charge in [0.05, 0.1) is 32.0 Å². The summed E-state index contributed by atoms with van der Waals surface area (Å²) in [6, 6.07) is -0.848. The van der Waals surface area contributed by atoms with Gasteiger partial charge in [0, 0.05) is 6.42 Å². The number of aliphatic hydroxyl groups excluding tert-OH is 8. The van der Waals surface area contributed by atoms with Gasteiger partial charge in [0.1, 0.15) is 48.8 Å². The molecule has 0 aliphatic carbocycles. The van der Waals surface area contributed by atoms with Crippen molar-refractivity contribution >= 4 is 5.91 Å². The van der Waals surface area contributed by atoms with Crippen LogP contribution in [-0.2, 0) is 23.7 Å². The van der Waals surface area contributed by atoms with Crippen LogP contribution >= 0.6 is 0 Å². The number of nitrogens with one attached hydrogen (secondary N) is 1. The van der Waals surface area contributed by atoms with E-state index < -0.39 is 86.8 Å². The van der Waals surface area contributed by atoms with Crippen molar-refractivity contribution < 1.29 is 64.6 Å². The van der Waals surface area contributed by atoms with Crippen molar-refractivity contribution in [1.82, 2.24) is 5.32 Å². The predicted octanol–water partition coefficient (Wildman–Crippen LogP) is 7.44. The number of carbonyl (C=O) groups is 1. The van der Waals surface area contributed by atoms with Crippen LogP contribution in [0.5, 0.6) is 0 Å². The molecule has 2 rings (SSSR count). The molecular weight excluding hydrogens is 871 g/mol. The van der Waals surface area contributed by atoms with E-state index in [9.17, 15) is 45.6 Å². The molecule has 0 saturated carbocycles. The minimum absolute atomic E-state index is 0.240. The number of carbonyl (C=O) groups excluding carboxylic acids is 1. The highest BCUT2D eigenvalue weighted by molar-refractivity contribution is 5.76. The molecule has 2 fully saturated rings. The summed E-state index contributed by atoms with van der Waals surface area (Å²) in [5.41, 5.74) is 0. The zero-order valence-corrected chi connectivity index (χ0v) is 41.8. The summed E-state index contributed by atoms with van der Waals surface area (Å²) in [5, 5.41) is 87.0. The Labute approximate surface area is 409 Å². The normalized spacial score (nSPS) is 26.9. The Kier molecular flexibility index (Phi) is 36.6. The summed E-state index contributed by atoms with van der Waals surface area (Å²) in [5.74, 6) is -0.240. The van der Waals surface area contributed by atoms with Crippen molar-refractivity contribution in [1.29, 1.82) is 0 Å². The largest absolute Gasteiger partial charge is 0.394 e. The first-order valence-electron chi connectivity index (χ1n) is 26.5. The number of aliphatic hydroxyl groups is 8. The van der Waals surface area contributed by atoms with Crippen LogP contribution in [0.25, 0.3) is 0 Å². The minimum Gasteiger partial charge on any atom is -0.394 e. The smallest absolute Gasteiger partial charge is 0.220 e. The molecule has 0 radical (unpaired) electrons. The van der Waals surface area contributed by atoms with Crippen LogP contribution in [-0.4, -0.2) is 140 Å². The van der Waals surface area contributed by atoms with E-state index in [1.165, 1.54) is 70.6 Å². The van der Waals surface area contributed by atoms with Gasteiger partial charge >= 0.3 is 0 Å². The van der Waals surface area contributed by atoms with Gasteiger partial charge in [0.2, 0.25) is 5.91 Å². The molecule has 394 valence electrons. The standard InChI is InChI=1S/C54H95NO13/c1-3-5-7-9-11-13-15-17-19-20-21-22-24-26-28-30-32-34-36-38-46(59)55-42(43(58)37-35-33-31-29-27-25-23-18-16-14-12-10-8-6-4-2)41-65-53-51(64)49(62)52(45(40-57)67-53)68-54-50(63)48(61)47(60)44(39-56)66-54/h5,7,11,13,17,19,21-22,26,28,42-45,47-54,56-58,60-64H,3-4,6,8-10,12,14-16,18,20,23-25,27,29-41H2,1-2H3,(H,55,59)/b7-5-,13-11-,19-17-,22-21-,28-26-. The summed E-state index contributed by atoms with van der Waals surface area (Å²) < 4.78 is 22.7. The number of ether oxygens (including phenoxy) is 4. The van der Waals surface area contributed by atoms with Crippen LogP contribution in [0.3, 0.4) is 0 Å². The Balaban J connectivity index is 1.84. The fourth-order valence-electron chi connectivity index (χ4n) is 8.44. The summed E-state index contributed by atoms with van der Waals surface area (Å²) in [6.45, 7) is 2.70. The highest BCUT2D eigenvalue weighted by atomic mass is 16.7. The molecule has 12 atom stereocenters. The lowest BCUT2D eigenvalue weighted by Crippen LogP contribution is -2.65. The fraction of sp³-hybridized carbons (Fsp3) is 0.796. The van der Waals surface area contributed by atoms with Crippen molar-refractivity contribution in [2.75, 3.05) is 19.8 Å². The predicted molar refractivity (Wildman–Crippen MR) is 267 cm³/mol. The molecule has 0 spiro atoms. The van der Waals surface area contributed by atoms with E-state index in [2.05, 4.69) is 79.9 Å². The first-order valence-corrected chi connectivity index (χ1v) is 26.5. The van der Waals surface area contributed by atoms with Crippen LogP contribution in [0.1, 0.15) is 181 Å². The molecule has 2 heterocycles. The molecule has 14 heteroatoms. The lowest BCUT2D eigenvalue weighted by Gasteiger charge is -2.46. The topological polar surface area (TPSA) is 228 Å². The fourth-order valence-corrected chi connectivity index (χ4v) is 8.44. The molecule has 2 aliphatic heterocycles. The first-order chi connectivity index (χ1) is 33.1. The Morgan fingerprint density at radius 3 is 1.54 bits per heavy atom. The molecule has 9 N–H and O–H groups in total. The zero-order chi connectivity index (χ0) is 49.6. The molecule has 2 aliphatic rings. The second-order valence-electron chi connectivity index (χ2n) is 18.6. The summed E-state index contributed by atoms with van der Waals surface area (Å²) >= 11 is 0. The average molecular weight is 966 g/mol. The maximum atomic E-state index is 13.2. The van der Waals surface area contributed by atoms with Gasteiger partial charge in [-0.2, -0.15) is 0 Å². The maximum Gasteiger partial charge on any atom is 0.220 e. The third-order valence-corrected chi connectivity index (χ3v) is 12.7. The van der Waals surface area contributed by atoms with Crippen molar-refractivity contribution in [2.24, 2.45) is 0 Å². The molecule has 0 aromatic carbocycles. The first kappa shape index (κ1) is 61.8. The van der Waals surface area contributed by atoms with E-state index in [1.54, 1.807) is 0 Å². The molecular formula is C54H95NO13. The highest BCUT2D eigenvalue weighted by Crippen LogP contribution is 2.30. The zero-order valence-electron chi connectivity index (χ0n) is 41.8. The lowest BCUT2D eigenvalue weighted by atomic mass is 9.97. The average Bonchev–Trinajstić information content (AvgIpc) is 3.34. The molecule has 0 aromatic heterocycles. The molecule has 14 nitrogen and oxygen atoms in total. The van der Waals surface area contributed by atoms with Crippen molar-refractivity contribution in [3.05, 3.63) is 60.8 Å². The van der Waals surface area contributed by atoms with Crippen LogP contribution in [0, 0.1) is 0 Å². The molecule has 0 bridgehead atoms. The molecule has 68 heavy (non-hydrogen) atoms. The molecule has 0 aromatic rings. The number of hydrogen-bond acceptors (Lipinski definition) is 13. The quantitative estimate of drug-likeness (QED) is 0.0215. The van der Waals surface area contributed by atoms with Crippen LogP contribution in [0.4, 0.5) is 0 Å². The van der Waals surface area contributed by atoms with Crippen molar-refractivity contribution in [2.45, 2.75) is 254 Å². The van der Waals surface area contributed by atoms with Gasteiger partial charge in [-0.05, 0) is 57.8 Å². The van der Waals surface area contributed by atoms with Crippen LogP contribution in [0.2, 0.25) is 0 Å². The van der Waals surface area contributed by atoms with Gasteiger partial charge in [-0.25, -0.2) is 0 Å². The van der Waals surface area contributed by atoms with Gasteiger partial charge in [-0.3, -0.25) is 4.79 Å². The SMILES string of the molecule is CC/C=C\C/C=C\C/C=C\C/C=C\C/C=C\CCCCCC(=O)NC(COC1OC(CO)C(OC2OC(CO)C(O)C(O)C2O)C(O)C1O)C(O)CCCCCCCCCCCCCCCCC. The maximum absolute atomic E-state index is 13.2. The number of allylic oxidation sites excluding steroid dienone is 10. The Morgan fingerprint density at radius 2 is 1.01 bits per heavy atom. The van der Waals surface area contributed by atoms with Gasteiger partial charge in [-0.15, -0.1) is 0 Å². The monoisotopic (exact) mass is 966 g/mol. The molecule has 2 saturated heterocycles. The Bertz CT molecular complexity index is 1370. The second-order valence-corrected chi connectivity index (χ2v) is 18.6. The van der Waals surface area contributed by atoms with Crippen LogP contribution in [0.15, 0.2) is 60.8 Å². The van der Waals surface area contributed by atoms with E-state index in [-0.39, 0.29) is 18.9 Å². The van der Waals surface area contributed by atoms with E-state index >= 15 is 0 Å². The minimum atomic E-state index is -1.79. The highest BCUT2D eigenvalue weighted by Gasteiger charge is 2.51. The number of hydrogen-bond donors (Lipinski definition) is 9. The summed E-state index contributed by atoms with van der Waals surface area (Å²) in [7, 11) is 0. The van der Waals surface area contributed by atoms with E-state index in [0.29, 0.717) is 12.8 Å². The van der Waals surface area contributed by atoms with Gasteiger partial charge in [-0.1, -0.05) is 177 Å². The molecule has 1 amide bonds. The Morgan fingerprint density at radius 1 is 0.544 bits per heavy atom.